The fraction of sp³-hybridized carbons (Fsp3) is 0.0909. The summed E-state index contributed by atoms with van der Waals surface area (Å²) in [6.45, 7) is 1.88. The van der Waals surface area contributed by atoms with Crippen molar-refractivity contribution in [2.75, 3.05) is 0 Å². The van der Waals surface area contributed by atoms with Gasteiger partial charge in [-0.25, -0.2) is 22.5 Å². The molecule has 0 spiro atoms. The van der Waals surface area contributed by atoms with Crippen molar-refractivity contribution >= 4 is 22.1 Å². The summed E-state index contributed by atoms with van der Waals surface area (Å²) in [4.78, 5) is 17.8. The Hall–Kier alpha value is -7.78. The first-order valence-electron chi connectivity index (χ1n) is 24.1. The first-order chi connectivity index (χ1) is 34.2. The number of fused-ring (bicyclic) bond motifs is 3. The second kappa shape index (κ2) is 17.2. The van der Waals surface area contributed by atoms with Gasteiger partial charge in [-0.3, -0.25) is 15.0 Å². The molecule has 5 nitrogen and oxygen atoms in total. The van der Waals surface area contributed by atoms with Crippen LogP contribution in [-0.2, 0) is 25.5 Å². The van der Waals surface area contributed by atoms with Gasteiger partial charge in [0.05, 0.1) is 17.1 Å². The maximum atomic E-state index is 14.7. The van der Waals surface area contributed by atoms with E-state index in [0.29, 0.717) is 45.8 Å². The molecule has 0 fully saturated rings. The Morgan fingerprint density at radius 1 is 0.453 bits per heavy atom. The van der Waals surface area contributed by atoms with Crippen LogP contribution < -0.4 is 0 Å². The van der Waals surface area contributed by atoms with E-state index in [4.69, 9.17) is 9.40 Å². The van der Waals surface area contributed by atoms with Crippen LogP contribution in [0.3, 0.4) is 0 Å². The molecule has 0 saturated carbocycles. The van der Waals surface area contributed by atoms with Crippen molar-refractivity contribution < 1.29 is 32.9 Å². The summed E-state index contributed by atoms with van der Waals surface area (Å²) in [6, 6.07) is 35.0. The number of rotatable bonds is 11. The van der Waals surface area contributed by atoms with Gasteiger partial charge in [0.1, 0.15) is 28.9 Å². The Labute approximate surface area is 378 Å². The molecule has 64 heavy (non-hydrogen) atoms. The van der Waals surface area contributed by atoms with Crippen molar-refractivity contribution in [3.63, 3.8) is 0 Å². The summed E-state index contributed by atoms with van der Waals surface area (Å²) < 4.78 is 138. The molecule has 0 aliphatic heterocycles. The largest absolute Gasteiger partial charge is 0.437 e. The number of aromatic nitrogens is 4. The van der Waals surface area contributed by atoms with E-state index in [0.717, 1.165) is 52.6 Å². The lowest BCUT2D eigenvalue weighted by atomic mass is 9.90. The number of para-hydroxylation sites is 1. The Bertz CT molecular complexity index is 3580. The van der Waals surface area contributed by atoms with Crippen molar-refractivity contribution in [2.45, 2.75) is 32.4 Å². The standard InChI is InChI=1S/C55H38F4N4O/c1-33-9-19-45-44-7-4-8-48(54(44)64-55(45)63-33)53-24-16-38(32-62-53)42-5-2-3-6-43(42)39-26-36(12-10-34-14-22-51(60-30-34)46-20-17-40(56)28-49(46)58)25-37(27-39)13-11-35-15-23-52(61-31-35)47-21-18-41(57)29-50(47)59/h2-9,14-32H,10-13H2,1H3/i10D2,11D2,12D2,13D2. The second-order valence-electron chi connectivity index (χ2n) is 15.0. The third-order valence-electron chi connectivity index (χ3n) is 10.7. The summed E-state index contributed by atoms with van der Waals surface area (Å²) in [5, 5.41) is 1.73. The predicted molar refractivity (Wildman–Crippen MR) is 244 cm³/mol. The molecule has 5 aromatic heterocycles. The molecule has 10 rings (SSSR count). The van der Waals surface area contributed by atoms with Gasteiger partial charge in [-0.15, -0.1) is 0 Å². The smallest absolute Gasteiger partial charge is 0.227 e. The summed E-state index contributed by atoms with van der Waals surface area (Å²) >= 11 is 0. The summed E-state index contributed by atoms with van der Waals surface area (Å²) in [7, 11) is 0. The van der Waals surface area contributed by atoms with Crippen molar-refractivity contribution in [2.24, 2.45) is 0 Å². The zero-order chi connectivity index (χ0) is 50.9. The lowest BCUT2D eigenvalue weighted by Crippen LogP contribution is -1.99. The normalized spacial score (nSPS) is 14.2. The highest BCUT2D eigenvalue weighted by atomic mass is 19.1. The zero-order valence-corrected chi connectivity index (χ0v) is 33.8. The molecule has 5 heterocycles. The van der Waals surface area contributed by atoms with E-state index >= 15 is 0 Å². The van der Waals surface area contributed by atoms with E-state index in [-0.39, 0.29) is 50.3 Å². The van der Waals surface area contributed by atoms with E-state index < -0.39 is 48.8 Å². The number of hydrogen-bond donors (Lipinski definition) is 0. The zero-order valence-electron chi connectivity index (χ0n) is 41.8. The minimum Gasteiger partial charge on any atom is -0.437 e. The van der Waals surface area contributed by atoms with Gasteiger partial charge in [0.25, 0.3) is 0 Å². The monoisotopic (exact) mass is 854 g/mol. The van der Waals surface area contributed by atoms with Crippen LogP contribution >= 0.6 is 0 Å². The van der Waals surface area contributed by atoms with Crippen LogP contribution in [0.2, 0.25) is 0 Å². The number of pyridine rings is 4. The van der Waals surface area contributed by atoms with E-state index in [1.54, 1.807) is 30.5 Å². The summed E-state index contributed by atoms with van der Waals surface area (Å²) in [6.07, 6.45) is -8.05. The van der Waals surface area contributed by atoms with E-state index in [1.807, 2.05) is 49.4 Å². The highest BCUT2D eigenvalue weighted by Crippen LogP contribution is 2.37. The Morgan fingerprint density at radius 3 is 1.56 bits per heavy atom. The van der Waals surface area contributed by atoms with Crippen molar-refractivity contribution in [1.82, 2.24) is 19.9 Å². The Kier molecular flexibility index (Phi) is 8.58. The highest BCUT2D eigenvalue weighted by molar-refractivity contribution is 6.08. The van der Waals surface area contributed by atoms with Crippen LogP contribution in [0.15, 0.2) is 169 Å². The maximum Gasteiger partial charge on any atom is 0.227 e. The Balaban J connectivity index is 1.07. The highest BCUT2D eigenvalue weighted by Gasteiger charge is 2.16. The number of benzene rings is 5. The van der Waals surface area contributed by atoms with Gasteiger partial charge in [0.2, 0.25) is 5.71 Å². The van der Waals surface area contributed by atoms with E-state index in [2.05, 4.69) is 15.0 Å². The summed E-state index contributed by atoms with van der Waals surface area (Å²) in [5.41, 5.74) is 3.80. The molecular weight excluding hydrogens is 809 g/mol. The molecule has 0 radical (unpaired) electrons. The molecule has 0 atom stereocenters. The van der Waals surface area contributed by atoms with Gasteiger partial charge in [-0.1, -0.05) is 72.8 Å². The molecule has 0 aliphatic rings. The molecule has 0 aliphatic carbocycles. The average Bonchev–Trinajstić information content (AvgIpc) is 3.74. The molecule has 9 heteroatoms. The quantitative estimate of drug-likeness (QED) is 0.121. The number of furan rings is 1. The first kappa shape index (κ1) is 32.0. The first-order valence-corrected chi connectivity index (χ1v) is 20.1. The fourth-order valence-electron chi connectivity index (χ4n) is 7.54. The number of hydrogen-bond acceptors (Lipinski definition) is 5. The minimum atomic E-state index is -2.99. The maximum absolute atomic E-state index is 14.7. The molecule has 0 N–H and O–H groups in total. The third kappa shape index (κ3) is 8.28. The van der Waals surface area contributed by atoms with Crippen LogP contribution in [0.4, 0.5) is 17.6 Å². The van der Waals surface area contributed by atoms with Gasteiger partial charge in [0.15, 0.2) is 0 Å². The second-order valence-corrected chi connectivity index (χ2v) is 15.0. The van der Waals surface area contributed by atoms with Crippen LogP contribution in [0.25, 0.3) is 78.1 Å². The van der Waals surface area contributed by atoms with Gasteiger partial charge < -0.3 is 4.42 Å². The lowest BCUT2D eigenvalue weighted by molar-refractivity contribution is 0.584. The van der Waals surface area contributed by atoms with Crippen LogP contribution in [-0.4, -0.2) is 19.9 Å². The number of halogens is 4. The van der Waals surface area contributed by atoms with Gasteiger partial charge >= 0.3 is 0 Å². The molecule has 312 valence electrons. The molecule has 0 unspecified atom stereocenters. The van der Waals surface area contributed by atoms with Crippen LogP contribution in [0.5, 0.6) is 0 Å². The van der Waals surface area contributed by atoms with Crippen molar-refractivity contribution in [3.8, 4) is 56.0 Å². The van der Waals surface area contributed by atoms with Crippen LogP contribution in [0.1, 0.15) is 38.9 Å². The SMILES string of the molecule is [2H]C([2H])(c1ccc(-c2ccc(F)cc2F)nc1)C([2H])([2H])c1cc(-c2ccccc2-c2ccc(-c3cccc4c3oc3nc(C)ccc34)nc2)cc(C([2H])([2H])C([2H])([2H])c2ccc(-c3ccc(F)cc3F)nc2)c1. The molecule has 10 aromatic rings. The van der Waals surface area contributed by atoms with Gasteiger partial charge in [0, 0.05) is 80.4 Å². The van der Waals surface area contributed by atoms with Crippen molar-refractivity contribution in [1.29, 1.82) is 0 Å². The fourth-order valence-corrected chi connectivity index (χ4v) is 7.54. The topological polar surface area (TPSA) is 64.7 Å². The number of aryl methyl sites for hydroxylation is 5. The minimum absolute atomic E-state index is 0.0377. The van der Waals surface area contributed by atoms with E-state index in [1.165, 1.54) is 48.5 Å². The average molecular weight is 855 g/mol. The molecule has 5 aromatic carbocycles. The van der Waals surface area contributed by atoms with Gasteiger partial charge in [-0.05, 0) is 132 Å². The summed E-state index contributed by atoms with van der Waals surface area (Å²) in [5.74, 6) is -3.41. The lowest BCUT2D eigenvalue weighted by Gasteiger charge is -2.15. The van der Waals surface area contributed by atoms with Crippen molar-refractivity contribution in [3.05, 3.63) is 215 Å². The molecular formula is C55H38F4N4O. The third-order valence-corrected chi connectivity index (χ3v) is 10.7. The Morgan fingerprint density at radius 2 is 1.00 bits per heavy atom. The van der Waals surface area contributed by atoms with E-state index in [9.17, 15) is 28.5 Å². The van der Waals surface area contributed by atoms with Crippen LogP contribution in [0, 0.1) is 30.2 Å². The predicted octanol–water partition coefficient (Wildman–Crippen LogP) is 13.9. The molecule has 0 bridgehead atoms. The molecule has 0 saturated heterocycles. The molecule has 0 amide bonds. The number of nitrogens with zero attached hydrogens (tertiary/aromatic N) is 4. The van der Waals surface area contributed by atoms with Gasteiger partial charge in [-0.2, -0.15) is 0 Å².